The Hall–Kier alpha value is -1.74. The zero-order chi connectivity index (χ0) is 17.2. The van der Waals surface area contributed by atoms with E-state index in [1.165, 1.54) is 36.3 Å². The molecule has 1 heterocycles. The number of methoxy groups -OCH3 is 1. The highest BCUT2D eigenvalue weighted by Gasteiger charge is 2.40. The second-order valence-corrected chi connectivity index (χ2v) is 6.10. The van der Waals surface area contributed by atoms with Crippen molar-refractivity contribution in [2.45, 2.75) is 29.0 Å². The highest BCUT2D eigenvalue weighted by Crippen LogP contribution is 2.36. The van der Waals surface area contributed by atoms with Crippen LogP contribution < -0.4 is 0 Å². The lowest BCUT2D eigenvalue weighted by Crippen LogP contribution is -2.41. The smallest absolute Gasteiger partial charge is 0.446 e. The third kappa shape index (κ3) is 4.38. The molecule has 5 nitrogen and oxygen atoms in total. The van der Waals surface area contributed by atoms with E-state index in [1.807, 2.05) is 0 Å². The van der Waals surface area contributed by atoms with Gasteiger partial charge in [-0.2, -0.15) is 13.2 Å². The molecule has 1 aromatic rings. The van der Waals surface area contributed by atoms with Gasteiger partial charge in [0, 0.05) is 23.4 Å². The lowest BCUT2D eigenvalue weighted by molar-refractivity contribution is -0.145. The van der Waals surface area contributed by atoms with Crippen LogP contribution in [0.15, 0.2) is 29.2 Å². The van der Waals surface area contributed by atoms with Crippen molar-refractivity contribution < 1.29 is 32.6 Å². The molecule has 126 valence electrons. The summed E-state index contributed by atoms with van der Waals surface area (Å²) in [4.78, 5) is 25.2. The maximum absolute atomic E-state index is 12.4. The number of benzene rings is 1. The number of aliphatic hydroxyl groups excluding tert-OH is 1. The Morgan fingerprint density at radius 2 is 1.91 bits per heavy atom. The number of thioether (sulfide) groups is 1. The van der Waals surface area contributed by atoms with E-state index in [4.69, 9.17) is 0 Å². The molecule has 1 fully saturated rings. The molecule has 0 aromatic heterocycles. The molecule has 1 aromatic carbocycles. The average Bonchev–Trinajstić information content (AvgIpc) is 2.87. The van der Waals surface area contributed by atoms with E-state index in [0.29, 0.717) is 0 Å². The summed E-state index contributed by atoms with van der Waals surface area (Å²) >= 11 is -0.276. The van der Waals surface area contributed by atoms with E-state index in [0.717, 1.165) is 0 Å². The zero-order valence-corrected chi connectivity index (χ0v) is 12.9. The lowest BCUT2D eigenvalue weighted by Gasteiger charge is -2.22. The molecule has 0 saturated carbocycles. The van der Waals surface area contributed by atoms with Gasteiger partial charge in [-0.05, 0) is 36.0 Å². The molecule has 0 bridgehead atoms. The number of aliphatic hydroxyl groups is 1. The summed E-state index contributed by atoms with van der Waals surface area (Å²) in [6, 6.07) is 3.99. The number of ether oxygens (including phenoxy) is 1. The van der Waals surface area contributed by atoms with Crippen LogP contribution >= 0.6 is 11.8 Å². The van der Waals surface area contributed by atoms with Gasteiger partial charge in [-0.15, -0.1) is 0 Å². The van der Waals surface area contributed by atoms with Crippen LogP contribution in [-0.2, 0) is 9.53 Å². The van der Waals surface area contributed by atoms with Gasteiger partial charge in [0.1, 0.15) is 6.04 Å². The van der Waals surface area contributed by atoms with Crippen molar-refractivity contribution in [1.82, 2.24) is 4.90 Å². The summed E-state index contributed by atoms with van der Waals surface area (Å²) in [6.07, 6.45) is -0.774. The van der Waals surface area contributed by atoms with E-state index in [2.05, 4.69) is 4.74 Å². The Balaban J connectivity index is 2.14. The fourth-order valence-corrected chi connectivity index (χ4v) is 2.90. The van der Waals surface area contributed by atoms with Crippen LogP contribution in [0.4, 0.5) is 13.2 Å². The van der Waals surface area contributed by atoms with Crippen LogP contribution in [0.3, 0.4) is 0 Å². The van der Waals surface area contributed by atoms with Crippen LogP contribution in [0.5, 0.6) is 0 Å². The molecular formula is C14H14F3NO4S. The van der Waals surface area contributed by atoms with Gasteiger partial charge in [0.25, 0.3) is 5.91 Å². The molecule has 2 atom stereocenters. The van der Waals surface area contributed by atoms with Crippen molar-refractivity contribution in [3.05, 3.63) is 29.8 Å². The Bertz CT molecular complexity index is 591. The molecule has 23 heavy (non-hydrogen) atoms. The summed E-state index contributed by atoms with van der Waals surface area (Å²) < 4.78 is 41.4. The molecule has 1 saturated heterocycles. The number of amides is 1. The summed E-state index contributed by atoms with van der Waals surface area (Å²) in [7, 11) is 1.18. The molecule has 9 heteroatoms. The highest BCUT2D eigenvalue weighted by atomic mass is 32.2. The quantitative estimate of drug-likeness (QED) is 0.668. The first kappa shape index (κ1) is 17.6. The minimum atomic E-state index is -4.40. The normalized spacial score (nSPS) is 21.3. The number of esters is 1. The van der Waals surface area contributed by atoms with Crippen LogP contribution in [0.2, 0.25) is 0 Å². The molecule has 0 unspecified atom stereocenters. The van der Waals surface area contributed by atoms with E-state index < -0.39 is 29.5 Å². The minimum absolute atomic E-state index is 0.0301. The number of β-amino-alcohol motifs (C(OH)–C–C–N with tert-alkyl or cyclic N) is 1. The monoisotopic (exact) mass is 349 g/mol. The SMILES string of the molecule is COC(=O)[C@@H]1C[C@@H](O)CN1C(=O)c1ccc(SC(F)(F)F)cc1. The third-order valence-corrected chi connectivity index (χ3v) is 4.09. The second kappa shape index (κ2) is 6.79. The first-order chi connectivity index (χ1) is 10.7. The maximum Gasteiger partial charge on any atom is 0.446 e. The minimum Gasteiger partial charge on any atom is -0.467 e. The van der Waals surface area contributed by atoms with E-state index in [1.54, 1.807) is 0 Å². The average molecular weight is 349 g/mol. The number of hydrogen-bond donors (Lipinski definition) is 1. The summed E-state index contributed by atoms with van der Waals surface area (Å²) in [5.74, 6) is -1.18. The standard InChI is InChI=1S/C14H14F3NO4S/c1-22-13(21)11-6-9(19)7-18(11)12(20)8-2-4-10(5-3-8)23-14(15,16)17/h2-5,9,11,19H,6-7H2,1H3/t9-,11+/m1/s1. The molecule has 1 amide bonds. The van der Waals surface area contributed by atoms with Gasteiger partial charge in [-0.3, -0.25) is 4.79 Å². The van der Waals surface area contributed by atoms with Crippen molar-refractivity contribution in [3.63, 3.8) is 0 Å². The van der Waals surface area contributed by atoms with Crippen LogP contribution in [0.1, 0.15) is 16.8 Å². The molecular weight excluding hydrogens is 335 g/mol. The molecule has 1 N–H and O–H groups in total. The van der Waals surface area contributed by atoms with E-state index >= 15 is 0 Å². The van der Waals surface area contributed by atoms with Gasteiger partial charge in [0.2, 0.25) is 0 Å². The first-order valence-corrected chi connectivity index (χ1v) is 7.45. The zero-order valence-electron chi connectivity index (χ0n) is 12.0. The maximum atomic E-state index is 12.4. The Morgan fingerprint density at radius 1 is 1.30 bits per heavy atom. The second-order valence-electron chi connectivity index (χ2n) is 4.96. The van der Waals surface area contributed by atoms with Crippen LogP contribution in [-0.4, -0.2) is 53.2 Å². The predicted octanol–water partition coefficient (Wildman–Crippen LogP) is 2.05. The predicted molar refractivity (Wildman–Crippen MR) is 75.8 cm³/mol. The number of carbonyl (C=O) groups is 2. The van der Waals surface area contributed by atoms with Crippen molar-refractivity contribution in [3.8, 4) is 0 Å². The van der Waals surface area contributed by atoms with Gasteiger partial charge >= 0.3 is 11.5 Å². The van der Waals surface area contributed by atoms with Gasteiger partial charge < -0.3 is 14.7 Å². The topological polar surface area (TPSA) is 66.8 Å². The molecule has 1 aliphatic rings. The Labute approximate surface area is 134 Å². The fourth-order valence-electron chi connectivity index (χ4n) is 2.36. The van der Waals surface area contributed by atoms with E-state index in [-0.39, 0.29) is 35.2 Å². The number of carbonyl (C=O) groups excluding carboxylic acids is 2. The molecule has 0 aliphatic carbocycles. The number of nitrogens with zero attached hydrogens (tertiary/aromatic N) is 1. The highest BCUT2D eigenvalue weighted by molar-refractivity contribution is 8.00. The molecule has 1 aliphatic heterocycles. The number of likely N-dealkylation sites (tertiary alicyclic amines) is 1. The fraction of sp³-hybridized carbons (Fsp3) is 0.429. The summed E-state index contributed by atoms with van der Waals surface area (Å²) in [5.41, 5.74) is -4.26. The summed E-state index contributed by atoms with van der Waals surface area (Å²) in [5, 5.41) is 9.65. The van der Waals surface area contributed by atoms with Gasteiger partial charge in [-0.1, -0.05) is 0 Å². The Kier molecular flexibility index (Phi) is 5.20. The largest absolute Gasteiger partial charge is 0.467 e. The first-order valence-electron chi connectivity index (χ1n) is 6.64. The van der Waals surface area contributed by atoms with Gasteiger partial charge in [0.05, 0.1) is 13.2 Å². The van der Waals surface area contributed by atoms with Gasteiger partial charge in [-0.25, -0.2) is 4.79 Å². The Morgan fingerprint density at radius 3 is 2.43 bits per heavy atom. The lowest BCUT2D eigenvalue weighted by atomic mass is 10.1. The van der Waals surface area contributed by atoms with Crippen molar-refractivity contribution in [2.24, 2.45) is 0 Å². The van der Waals surface area contributed by atoms with Crippen molar-refractivity contribution >= 4 is 23.6 Å². The van der Waals surface area contributed by atoms with E-state index in [9.17, 15) is 27.9 Å². The summed E-state index contributed by atoms with van der Waals surface area (Å²) in [6.45, 7) is -0.0301. The molecule has 0 radical (unpaired) electrons. The molecule has 2 rings (SSSR count). The number of hydrogen-bond acceptors (Lipinski definition) is 5. The van der Waals surface area contributed by atoms with Gasteiger partial charge in [0.15, 0.2) is 0 Å². The van der Waals surface area contributed by atoms with Crippen LogP contribution in [0.25, 0.3) is 0 Å². The molecule has 0 spiro atoms. The van der Waals surface area contributed by atoms with Crippen LogP contribution in [0, 0.1) is 0 Å². The third-order valence-electron chi connectivity index (χ3n) is 3.35. The number of rotatable bonds is 3. The number of alkyl halides is 3. The van der Waals surface area contributed by atoms with Crippen molar-refractivity contribution in [1.29, 1.82) is 0 Å². The van der Waals surface area contributed by atoms with Crippen molar-refractivity contribution in [2.75, 3.05) is 13.7 Å². The number of halogens is 3.